The SMILES string of the molecule is CC[C@H](C)[C@H](NC(=O)[C@H](CO)NC(=O)[C@H](C)NC(=O)[C@@H](N)CS(=O)(=O)O)C(=O)N[C@@H](CCC(N)=O)C(=O)N[C@@H](CCCCNC=O)C(=O)N[C@@H](Cc1ccccc1)C(=O)NCC(=O)N[C@@H](CCC(=O)O)C(=O)N[C@@H](CCCN=C(N)N)C(=O)O. The van der Waals surface area contributed by atoms with Gasteiger partial charge in [-0.1, -0.05) is 50.6 Å². The molecule has 11 amide bonds. The second kappa shape index (κ2) is 38.3. The fourth-order valence-electron chi connectivity index (χ4n) is 7.56. The zero-order valence-electron chi connectivity index (χ0n) is 46.6. The van der Waals surface area contributed by atoms with Crippen molar-refractivity contribution in [1.82, 2.24) is 53.2 Å². The van der Waals surface area contributed by atoms with Crippen LogP contribution in [0, 0.1) is 5.92 Å². The van der Waals surface area contributed by atoms with Crippen LogP contribution in [-0.2, 0) is 78.9 Å². The van der Waals surface area contributed by atoms with Crippen molar-refractivity contribution >= 4 is 93.5 Å². The van der Waals surface area contributed by atoms with Crippen molar-refractivity contribution in [1.29, 1.82) is 0 Å². The largest absolute Gasteiger partial charge is 0.481 e. The molecule has 0 heterocycles. The number of guanidine groups is 1. The van der Waals surface area contributed by atoms with E-state index in [0.717, 1.165) is 6.92 Å². The van der Waals surface area contributed by atoms with E-state index < -0.39 is 186 Å². The van der Waals surface area contributed by atoms with E-state index in [1.807, 2.05) is 0 Å². The molecule has 0 unspecified atom stereocenters. The molecule has 1 aromatic carbocycles. The zero-order valence-corrected chi connectivity index (χ0v) is 47.4. The molecule has 35 heteroatoms. The lowest BCUT2D eigenvalue weighted by Crippen LogP contribution is -2.61. The zero-order chi connectivity index (χ0) is 63.7. The van der Waals surface area contributed by atoms with Gasteiger partial charge in [0.25, 0.3) is 10.1 Å². The maximum absolute atomic E-state index is 14.3. The summed E-state index contributed by atoms with van der Waals surface area (Å²) >= 11 is 0. The fraction of sp³-hybridized carbons (Fsp3) is 0.592. The Labute approximate surface area is 483 Å². The number of carbonyl (C=O) groups excluding carboxylic acids is 11. The topological polar surface area (TPSA) is 574 Å². The Morgan fingerprint density at radius 3 is 1.71 bits per heavy atom. The second-order valence-corrected chi connectivity index (χ2v) is 20.8. The Bertz CT molecular complexity index is 2580. The number of amides is 11. The normalized spacial score (nSPS) is 14.6. The number of carboxylic acids is 2. The Hall–Kier alpha value is -8.57. The third kappa shape index (κ3) is 29.9. The Kier molecular flexibility index (Phi) is 33.4. The van der Waals surface area contributed by atoms with Crippen LogP contribution in [-0.4, -0.2) is 198 Å². The molecule has 34 nitrogen and oxygen atoms in total. The van der Waals surface area contributed by atoms with Crippen molar-refractivity contribution in [3.8, 4) is 0 Å². The third-order valence-electron chi connectivity index (χ3n) is 12.4. The molecule has 0 radical (unpaired) electrons. The number of aliphatic carboxylic acids is 2. The number of hydrogen-bond donors (Lipinski definition) is 18. The van der Waals surface area contributed by atoms with Crippen LogP contribution >= 0.6 is 0 Å². The number of unbranched alkanes of at least 4 members (excludes halogenated alkanes) is 1. The number of rotatable bonds is 42. The number of hydrogen-bond acceptors (Lipinski definition) is 18. The van der Waals surface area contributed by atoms with Crippen LogP contribution in [0.4, 0.5) is 0 Å². The molecule has 0 fully saturated rings. The van der Waals surface area contributed by atoms with Crippen LogP contribution < -0.4 is 76.1 Å². The van der Waals surface area contributed by atoms with E-state index in [4.69, 9.17) is 27.5 Å². The van der Waals surface area contributed by atoms with E-state index in [-0.39, 0.29) is 64.0 Å². The van der Waals surface area contributed by atoms with Crippen LogP contribution in [0.3, 0.4) is 0 Å². The van der Waals surface area contributed by atoms with Crippen LogP contribution in [0.5, 0.6) is 0 Å². The maximum Gasteiger partial charge on any atom is 0.326 e. The summed E-state index contributed by atoms with van der Waals surface area (Å²) in [5.74, 6) is -15.4. The van der Waals surface area contributed by atoms with Gasteiger partial charge in [0, 0.05) is 32.4 Å². The molecule has 0 bridgehead atoms. The molecule has 0 saturated heterocycles. The average molecular weight is 1210 g/mol. The number of carbonyl (C=O) groups is 13. The average Bonchev–Trinajstić information content (AvgIpc) is 3.47. The van der Waals surface area contributed by atoms with Crippen molar-refractivity contribution in [2.45, 2.75) is 146 Å². The maximum atomic E-state index is 14.3. The van der Waals surface area contributed by atoms with E-state index in [1.54, 1.807) is 37.3 Å². The number of aliphatic hydroxyl groups excluding tert-OH is 1. The van der Waals surface area contributed by atoms with Crippen LogP contribution in [0.1, 0.15) is 90.5 Å². The smallest absolute Gasteiger partial charge is 0.326 e. The molecule has 1 aromatic rings. The molecule has 84 heavy (non-hydrogen) atoms. The minimum Gasteiger partial charge on any atom is -0.481 e. The predicted molar refractivity (Wildman–Crippen MR) is 296 cm³/mol. The van der Waals surface area contributed by atoms with Gasteiger partial charge in [-0.2, -0.15) is 8.42 Å². The number of aliphatic imine (C=N–C) groups is 1. The molecule has 0 aromatic heterocycles. The van der Waals surface area contributed by atoms with Gasteiger partial charge in [-0.3, -0.25) is 67.1 Å². The highest BCUT2D eigenvalue weighted by Gasteiger charge is 2.36. The summed E-state index contributed by atoms with van der Waals surface area (Å²) in [5, 5.41) is 52.6. The Balaban J connectivity index is 3.49. The number of aliphatic hydroxyl groups is 1. The molecule has 0 aliphatic heterocycles. The molecular weight excluding hydrogens is 1130 g/mol. The van der Waals surface area contributed by atoms with Gasteiger partial charge in [-0.05, 0) is 63.4 Å². The first-order valence-corrected chi connectivity index (χ1v) is 28.0. The van der Waals surface area contributed by atoms with Gasteiger partial charge in [0.2, 0.25) is 65.5 Å². The number of nitrogens with one attached hydrogen (secondary N) is 10. The third-order valence-corrected chi connectivity index (χ3v) is 13.2. The summed E-state index contributed by atoms with van der Waals surface area (Å²) in [5.41, 5.74) is 22.0. The van der Waals surface area contributed by atoms with Crippen molar-refractivity contribution in [3.05, 3.63) is 35.9 Å². The van der Waals surface area contributed by atoms with Crippen LogP contribution in [0.15, 0.2) is 35.3 Å². The monoisotopic (exact) mass is 1210 g/mol. The van der Waals surface area contributed by atoms with Crippen molar-refractivity contribution < 1.29 is 90.6 Å². The quantitative estimate of drug-likeness (QED) is 0.00951. The summed E-state index contributed by atoms with van der Waals surface area (Å²) < 4.78 is 31.3. The number of carboxylic acid groups (broad SMARTS) is 2. The van der Waals surface area contributed by atoms with Crippen molar-refractivity contribution in [3.63, 3.8) is 0 Å². The van der Waals surface area contributed by atoms with Gasteiger partial charge in [0.15, 0.2) is 5.96 Å². The first kappa shape index (κ1) is 73.4. The van der Waals surface area contributed by atoms with Crippen LogP contribution in [0.25, 0.3) is 0 Å². The number of primary amides is 1. The molecule has 470 valence electrons. The van der Waals surface area contributed by atoms with E-state index in [0.29, 0.717) is 12.0 Å². The molecule has 0 spiro atoms. The van der Waals surface area contributed by atoms with E-state index in [2.05, 4.69) is 58.2 Å². The second-order valence-electron chi connectivity index (χ2n) is 19.3. The molecule has 22 N–H and O–H groups in total. The summed E-state index contributed by atoms with van der Waals surface area (Å²) in [4.78, 5) is 172. The first-order chi connectivity index (χ1) is 39.4. The Morgan fingerprint density at radius 1 is 0.631 bits per heavy atom. The molecule has 10 atom stereocenters. The highest BCUT2D eigenvalue weighted by molar-refractivity contribution is 7.85. The van der Waals surface area contributed by atoms with Gasteiger partial charge >= 0.3 is 11.9 Å². The van der Waals surface area contributed by atoms with Gasteiger partial charge in [0.05, 0.1) is 18.9 Å². The summed E-state index contributed by atoms with van der Waals surface area (Å²) in [6.07, 6.45) is -1.54. The highest BCUT2D eigenvalue weighted by Crippen LogP contribution is 2.12. The summed E-state index contributed by atoms with van der Waals surface area (Å²) in [6, 6.07) is -6.26. The minimum atomic E-state index is -4.68. The molecule has 0 aliphatic rings. The summed E-state index contributed by atoms with van der Waals surface area (Å²) in [7, 11) is -4.68. The van der Waals surface area contributed by atoms with Crippen molar-refractivity contribution in [2.75, 3.05) is 32.0 Å². The summed E-state index contributed by atoms with van der Waals surface area (Å²) in [6.45, 7) is 2.51. The van der Waals surface area contributed by atoms with Crippen LogP contribution in [0.2, 0.25) is 0 Å². The highest BCUT2D eigenvalue weighted by atomic mass is 32.2. The molecule has 1 rings (SSSR count). The van der Waals surface area contributed by atoms with Gasteiger partial charge in [-0.25, -0.2) is 4.79 Å². The van der Waals surface area contributed by atoms with Gasteiger partial charge < -0.3 is 91.4 Å². The lowest BCUT2D eigenvalue weighted by molar-refractivity contribution is -0.143. The standard InChI is InChI=1S/C49H79N15O19S/c1-4-26(2)39(64-46(77)35(23-65)63-40(71)27(3)57-41(72)29(50)24-84(81,82)83)47(78)60-32(15-17-36(51)67)45(76)59-30(13-8-9-19-54-25-66)43(74)62-34(21-28-11-6-5-7-12-28)42(73)56-22-37(68)58-31(16-18-38(69)70)44(75)61-33(48(79)80)14-10-20-55-49(52)53/h5-7,11-12,25-27,29-35,39,65H,4,8-10,13-24,50H2,1-3H3,(H2,51,67)(H,54,66)(H,56,73)(H,57,72)(H,58,68)(H,59,76)(H,60,78)(H,61,75)(H,62,74)(H,63,71)(H,64,77)(H,69,70)(H,79,80)(H4,52,53,55)(H,81,82,83)/t26-,27-,29-,30-,31-,32-,33-,34-,35-,39-/m0/s1. The van der Waals surface area contributed by atoms with Gasteiger partial charge in [0.1, 0.15) is 54.4 Å². The van der Waals surface area contributed by atoms with E-state index >= 15 is 0 Å². The fourth-order valence-corrected chi connectivity index (χ4v) is 8.17. The molecule has 0 aliphatic carbocycles. The van der Waals surface area contributed by atoms with Crippen molar-refractivity contribution in [2.24, 2.45) is 33.8 Å². The number of nitrogens with zero attached hydrogens (tertiary/aromatic N) is 1. The Morgan fingerprint density at radius 2 is 1.17 bits per heavy atom. The van der Waals surface area contributed by atoms with E-state index in [1.165, 1.54) is 6.92 Å². The lowest BCUT2D eigenvalue weighted by atomic mass is 9.97. The molecular formula is C49H79N15O19S. The van der Waals surface area contributed by atoms with E-state index in [9.17, 15) is 86.1 Å². The lowest BCUT2D eigenvalue weighted by Gasteiger charge is -2.29. The number of nitrogens with two attached hydrogens (primary N) is 4. The minimum absolute atomic E-state index is 0.0208. The molecule has 0 saturated carbocycles. The first-order valence-electron chi connectivity index (χ1n) is 26.4. The predicted octanol–water partition coefficient (Wildman–Crippen LogP) is -7.32. The number of benzene rings is 1. The van der Waals surface area contributed by atoms with Gasteiger partial charge in [-0.15, -0.1) is 0 Å².